The fraction of sp³-hybridized carbons (Fsp3) is 0.647. The van der Waals surface area contributed by atoms with E-state index in [1.54, 1.807) is 7.11 Å². The Balaban J connectivity index is 2.09. The molecule has 4 heteroatoms. The van der Waals surface area contributed by atoms with E-state index in [-0.39, 0.29) is 5.60 Å². The third kappa shape index (κ3) is 4.12. The molecular weight excluding hydrogens is 286 g/mol. The van der Waals surface area contributed by atoms with Crippen molar-refractivity contribution in [2.75, 3.05) is 33.9 Å². The van der Waals surface area contributed by atoms with Crippen molar-refractivity contribution in [2.24, 2.45) is 0 Å². The monoisotopic (exact) mass is 311 g/mol. The summed E-state index contributed by atoms with van der Waals surface area (Å²) in [7, 11) is 3.52. The number of methoxy groups -OCH3 is 2. The van der Waals surface area contributed by atoms with Gasteiger partial charge >= 0.3 is 0 Å². The first kappa shape index (κ1) is 16.6. The van der Waals surface area contributed by atoms with E-state index in [4.69, 9.17) is 21.1 Å². The van der Waals surface area contributed by atoms with Crippen molar-refractivity contribution in [3.8, 4) is 5.75 Å². The lowest BCUT2D eigenvalue weighted by molar-refractivity contribution is -0.0566. The number of ether oxygens (including phenoxy) is 2. The first-order valence-electron chi connectivity index (χ1n) is 7.72. The topological polar surface area (TPSA) is 21.7 Å². The van der Waals surface area contributed by atoms with Gasteiger partial charge in [-0.05, 0) is 43.5 Å². The van der Waals surface area contributed by atoms with E-state index in [2.05, 4.69) is 17.9 Å². The molecule has 0 N–H and O–H groups in total. The molecule has 0 amide bonds. The third-order valence-corrected chi connectivity index (χ3v) is 4.74. The molecule has 1 saturated heterocycles. The van der Waals surface area contributed by atoms with Crippen LogP contribution >= 0.6 is 11.6 Å². The van der Waals surface area contributed by atoms with Crippen molar-refractivity contribution in [1.29, 1.82) is 0 Å². The van der Waals surface area contributed by atoms with Crippen molar-refractivity contribution in [3.05, 3.63) is 28.8 Å². The summed E-state index contributed by atoms with van der Waals surface area (Å²) < 4.78 is 11.4. The molecule has 1 aliphatic rings. The average Bonchev–Trinajstić information content (AvgIpc) is 2.51. The van der Waals surface area contributed by atoms with Gasteiger partial charge in [0.1, 0.15) is 5.75 Å². The number of piperidine rings is 1. The van der Waals surface area contributed by atoms with Gasteiger partial charge < -0.3 is 14.4 Å². The molecule has 0 aliphatic carbocycles. The molecule has 0 spiro atoms. The number of rotatable bonds is 6. The van der Waals surface area contributed by atoms with Crippen molar-refractivity contribution in [3.63, 3.8) is 0 Å². The fourth-order valence-corrected chi connectivity index (χ4v) is 3.33. The summed E-state index contributed by atoms with van der Waals surface area (Å²) in [5.41, 5.74) is 1.10. The number of nitrogens with zero attached hydrogens (tertiary/aromatic N) is 1. The van der Waals surface area contributed by atoms with Crippen LogP contribution in [0.1, 0.15) is 31.7 Å². The quantitative estimate of drug-likeness (QED) is 0.798. The molecular formula is C17H26ClNO2. The van der Waals surface area contributed by atoms with Crippen LogP contribution in [-0.4, -0.2) is 44.4 Å². The molecule has 1 heterocycles. The van der Waals surface area contributed by atoms with Crippen LogP contribution in [0.15, 0.2) is 18.2 Å². The van der Waals surface area contributed by atoms with Crippen LogP contribution < -0.4 is 4.74 Å². The lowest BCUT2D eigenvalue weighted by atomic mass is 9.84. The van der Waals surface area contributed by atoms with E-state index in [0.29, 0.717) is 5.02 Å². The standard InChI is InChI=1S/C17H26ClNO2/c1-4-9-19-10-7-17(21-3,8-11-19)13-14-5-6-15(18)12-16(14)20-2/h5-6,12H,4,7-11,13H2,1-3H3. The van der Waals surface area contributed by atoms with Crippen molar-refractivity contribution < 1.29 is 9.47 Å². The average molecular weight is 312 g/mol. The van der Waals surface area contributed by atoms with Gasteiger partial charge in [-0.1, -0.05) is 24.6 Å². The molecule has 1 aromatic carbocycles. The molecule has 0 aromatic heterocycles. The van der Waals surface area contributed by atoms with E-state index in [1.165, 1.54) is 18.5 Å². The van der Waals surface area contributed by atoms with Crippen molar-refractivity contribution in [2.45, 2.75) is 38.2 Å². The second-order valence-corrected chi connectivity index (χ2v) is 6.30. The third-order valence-electron chi connectivity index (χ3n) is 4.50. The highest BCUT2D eigenvalue weighted by Gasteiger charge is 2.35. The molecule has 21 heavy (non-hydrogen) atoms. The summed E-state index contributed by atoms with van der Waals surface area (Å²) in [5.74, 6) is 0.856. The Kier molecular flexibility index (Phi) is 5.91. The van der Waals surface area contributed by atoms with Gasteiger partial charge in [-0.15, -0.1) is 0 Å². The van der Waals surface area contributed by atoms with Gasteiger partial charge in [-0.25, -0.2) is 0 Å². The molecule has 2 rings (SSSR count). The van der Waals surface area contributed by atoms with E-state index in [9.17, 15) is 0 Å². The normalized spacial score (nSPS) is 18.7. The SMILES string of the molecule is CCCN1CCC(Cc2ccc(Cl)cc2OC)(OC)CC1. The van der Waals surface area contributed by atoms with Crippen LogP contribution in [0, 0.1) is 0 Å². The molecule has 3 nitrogen and oxygen atoms in total. The number of halogens is 1. The first-order chi connectivity index (χ1) is 10.1. The summed E-state index contributed by atoms with van der Waals surface area (Å²) in [6.45, 7) is 5.63. The summed E-state index contributed by atoms with van der Waals surface area (Å²) in [5, 5.41) is 0.708. The van der Waals surface area contributed by atoms with E-state index in [0.717, 1.165) is 38.1 Å². The second kappa shape index (κ2) is 7.48. The van der Waals surface area contributed by atoms with Crippen LogP contribution in [0.2, 0.25) is 5.02 Å². The van der Waals surface area contributed by atoms with Gasteiger partial charge in [0.15, 0.2) is 0 Å². The fourth-order valence-electron chi connectivity index (χ4n) is 3.16. The number of hydrogen-bond acceptors (Lipinski definition) is 3. The van der Waals surface area contributed by atoms with Crippen molar-refractivity contribution in [1.82, 2.24) is 4.90 Å². The molecule has 0 atom stereocenters. The smallest absolute Gasteiger partial charge is 0.123 e. The van der Waals surface area contributed by atoms with Crippen LogP contribution in [0.5, 0.6) is 5.75 Å². The minimum Gasteiger partial charge on any atom is -0.496 e. The zero-order chi connectivity index (χ0) is 15.3. The maximum absolute atomic E-state index is 6.04. The lowest BCUT2D eigenvalue weighted by Gasteiger charge is -2.41. The molecule has 0 unspecified atom stereocenters. The minimum absolute atomic E-state index is 0.0780. The zero-order valence-corrected chi connectivity index (χ0v) is 14.1. The molecule has 1 aliphatic heterocycles. The van der Waals surface area contributed by atoms with E-state index >= 15 is 0 Å². The minimum atomic E-state index is -0.0780. The molecule has 0 saturated carbocycles. The van der Waals surface area contributed by atoms with Gasteiger partial charge in [-0.2, -0.15) is 0 Å². The Hall–Kier alpha value is -0.770. The second-order valence-electron chi connectivity index (χ2n) is 5.86. The molecule has 118 valence electrons. The highest BCUT2D eigenvalue weighted by Crippen LogP contribution is 2.34. The summed E-state index contributed by atoms with van der Waals surface area (Å²) >= 11 is 6.04. The molecule has 0 bridgehead atoms. The number of hydrogen-bond donors (Lipinski definition) is 0. The Bertz CT molecular complexity index is 456. The largest absolute Gasteiger partial charge is 0.496 e. The molecule has 1 fully saturated rings. The highest BCUT2D eigenvalue weighted by molar-refractivity contribution is 6.30. The van der Waals surface area contributed by atoms with E-state index in [1.807, 2.05) is 19.2 Å². The Morgan fingerprint density at radius 3 is 2.52 bits per heavy atom. The molecule has 1 aromatic rings. The van der Waals surface area contributed by atoms with Crippen LogP contribution in [-0.2, 0) is 11.2 Å². The van der Waals surface area contributed by atoms with Crippen LogP contribution in [0.4, 0.5) is 0 Å². The van der Waals surface area contributed by atoms with Crippen LogP contribution in [0.3, 0.4) is 0 Å². The Labute approximate surface area is 133 Å². The zero-order valence-electron chi connectivity index (χ0n) is 13.3. The summed E-state index contributed by atoms with van der Waals surface area (Å²) in [6.07, 6.45) is 4.22. The number of benzene rings is 1. The van der Waals surface area contributed by atoms with E-state index < -0.39 is 0 Å². The predicted octanol–water partition coefficient (Wildman–Crippen LogP) is 3.78. The number of likely N-dealkylation sites (tertiary alicyclic amines) is 1. The van der Waals surface area contributed by atoms with Crippen molar-refractivity contribution >= 4 is 11.6 Å². The summed E-state index contributed by atoms with van der Waals surface area (Å²) in [4.78, 5) is 2.52. The van der Waals surface area contributed by atoms with Gasteiger partial charge in [0.05, 0.1) is 12.7 Å². The van der Waals surface area contributed by atoms with Gasteiger partial charge in [0, 0.05) is 31.6 Å². The van der Waals surface area contributed by atoms with Crippen LogP contribution in [0.25, 0.3) is 0 Å². The Morgan fingerprint density at radius 1 is 1.24 bits per heavy atom. The lowest BCUT2D eigenvalue weighted by Crippen LogP contribution is -2.47. The summed E-state index contributed by atoms with van der Waals surface area (Å²) in [6, 6.07) is 5.86. The molecule has 0 radical (unpaired) electrons. The predicted molar refractivity (Wildman–Crippen MR) is 87.4 cm³/mol. The van der Waals surface area contributed by atoms with Gasteiger partial charge in [0.2, 0.25) is 0 Å². The Morgan fingerprint density at radius 2 is 1.95 bits per heavy atom. The first-order valence-corrected chi connectivity index (χ1v) is 8.10. The maximum Gasteiger partial charge on any atom is 0.123 e. The highest BCUT2D eigenvalue weighted by atomic mass is 35.5. The van der Waals surface area contributed by atoms with Gasteiger partial charge in [0.25, 0.3) is 0 Å². The maximum atomic E-state index is 6.04. The van der Waals surface area contributed by atoms with Gasteiger partial charge in [-0.3, -0.25) is 0 Å².